The molecule has 0 aliphatic carbocycles. The minimum atomic E-state index is 0.103. The zero-order valence-electron chi connectivity index (χ0n) is 9.52. The van der Waals surface area contributed by atoms with Gasteiger partial charge in [-0.15, -0.1) is 0 Å². The van der Waals surface area contributed by atoms with Gasteiger partial charge in [-0.3, -0.25) is 9.78 Å². The zero-order valence-corrected chi connectivity index (χ0v) is 9.52. The zero-order chi connectivity index (χ0) is 11.4. The highest BCUT2D eigenvalue weighted by Gasteiger charge is 2.28. The molecule has 0 radical (unpaired) electrons. The Hall–Kier alpha value is -1.42. The lowest BCUT2D eigenvalue weighted by Gasteiger charge is -2.24. The number of hydrogen-bond acceptors (Lipinski definition) is 3. The fraction of sp³-hybridized carbons (Fsp3) is 0.500. The number of nitrogens with zero attached hydrogens (tertiary/aromatic N) is 2. The van der Waals surface area contributed by atoms with Crippen LogP contribution >= 0.6 is 0 Å². The second kappa shape index (κ2) is 5.07. The van der Waals surface area contributed by atoms with E-state index in [1.54, 1.807) is 18.5 Å². The number of pyridine rings is 1. The number of hydrogen-bond donors (Lipinski definition) is 1. The van der Waals surface area contributed by atoms with Crippen molar-refractivity contribution in [2.24, 2.45) is 0 Å². The van der Waals surface area contributed by atoms with Crippen LogP contribution in [0, 0.1) is 0 Å². The molecule has 0 saturated carbocycles. The lowest BCUT2D eigenvalue weighted by Crippen LogP contribution is -2.40. The molecular weight excluding hydrogens is 202 g/mol. The van der Waals surface area contributed by atoms with E-state index in [1.807, 2.05) is 18.0 Å². The van der Waals surface area contributed by atoms with Gasteiger partial charge in [0.15, 0.2) is 0 Å². The lowest BCUT2D eigenvalue weighted by atomic mass is 10.2. The molecular formula is C12H17N3O. The number of likely N-dealkylation sites (N-methyl/N-ethyl adjacent to an activating group) is 1. The standard InChI is InChI=1S/C12H17N3O/c1-13-9-11-5-3-7-15(11)12(16)10-4-2-6-14-8-10/h2,4,6,8,11,13H,3,5,7,9H2,1H3. The Balaban J connectivity index is 2.09. The average molecular weight is 219 g/mol. The second-order valence-corrected chi connectivity index (χ2v) is 4.09. The van der Waals surface area contributed by atoms with Crippen LogP contribution in [0.4, 0.5) is 0 Å². The van der Waals surface area contributed by atoms with Crippen molar-refractivity contribution in [3.8, 4) is 0 Å². The average Bonchev–Trinajstić information content (AvgIpc) is 2.78. The monoisotopic (exact) mass is 219 g/mol. The Morgan fingerprint density at radius 2 is 2.56 bits per heavy atom. The van der Waals surface area contributed by atoms with Crippen LogP contribution in [0.2, 0.25) is 0 Å². The lowest BCUT2D eigenvalue weighted by molar-refractivity contribution is 0.0736. The van der Waals surface area contributed by atoms with E-state index < -0.39 is 0 Å². The van der Waals surface area contributed by atoms with Crippen molar-refractivity contribution in [1.82, 2.24) is 15.2 Å². The summed E-state index contributed by atoms with van der Waals surface area (Å²) < 4.78 is 0. The highest BCUT2D eigenvalue weighted by atomic mass is 16.2. The molecule has 1 atom stereocenters. The van der Waals surface area contributed by atoms with Gasteiger partial charge in [0.25, 0.3) is 5.91 Å². The molecule has 1 aliphatic heterocycles. The van der Waals surface area contributed by atoms with Gasteiger partial charge < -0.3 is 10.2 Å². The molecule has 1 saturated heterocycles. The van der Waals surface area contributed by atoms with E-state index in [-0.39, 0.29) is 5.91 Å². The van der Waals surface area contributed by atoms with Gasteiger partial charge in [-0.05, 0) is 32.0 Å². The van der Waals surface area contributed by atoms with E-state index >= 15 is 0 Å². The molecule has 16 heavy (non-hydrogen) atoms. The first-order valence-corrected chi connectivity index (χ1v) is 5.68. The SMILES string of the molecule is CNCC1CCCN1C(=O)c1cccnc1. The van der Waals surface area contributed by atoms with E-state index in [2.05, 4.69) is 10.3 Å². The third-order valence-electron chi connectivity index (χ3n) is 2.99. The van der Waals surface area contributed by atoms with Crippen molar-refractivity contribution < 1.29 is 4.79 Å². The van der Waals surface area contributed by atoms with Crippen LogP contribution in [0.1, 0.15) is 23.2 Å². The maximum Gasteiger partial charge on any atom is 0.255 e. The molecule has 1 aliphatic rings. The van der Waals surface area contributed by atoms with Gasteiger partial charge in [-0.1, -0.05) is 0 Å². The van der Waals surface area contributed by atoms with Gasteiger partial charge in [-0.2, -0.15) is 0 Å². The van der Waals surface area contributed by atoms with Crippen LogP contribution in [-0.2, 0) is 0 Å². The smallest absolute Gasteiger partial charge is 0.255 e. The minimum Gasteiger partial charge on any atom is -0.334 e. The summed E-state index contributed by atoms with van der Waals surface area (Å²) >= 11 is 0. The summed E-state index contributed by atoms with van der Waals surface area (Å²) in [5.41, 5.74) is 0.686. The number of nitrogens with one attached hydrogen (secondary N) is 1. The van der Waals surface area contributed by atoms with E-state index in [0.29, 0.717) is 11.6 Å². The Kier molecular flexibility index (Phi) is 3.51. The van der Waals surface area contributed by atoms with Gasteiger partial charge in [0, 0.05) is 31.5 Å². The van der Waals surface area contributed by atoms with Crippen molar-refractivity contribution in [2.45, 2.75) is 18.9 Å². The van der Waals surface area contributed by atoms with Crippen molar-refractivity contribution in [3.05, 3.63) is 30.1 Å². The van der Waals surface area contributed by atoms with Crippen molar-refractivity contribution >= 4 is 5.91 Å². The predicted octanol–water partition coefficient (Wildman–Crippen LogP) is 0.906. The summed E-state index contributed by atoms with van der Waals surface area (Å²) in [5.74, 6) is 0.103. The first-order valence-electron chi connectivity index (χ1n) is 5.68. The number of amides is 1. The number of carbonyl (C=O) groups excluding carboxylic acids is 1. The van der Waals surface area contributed by atoms with Crippen molar-refractivity contribution in [1.29, 1.82) is 0 Å². The summed E-state index contributed by atoms with van der Waals surface area (Å²) in [6, 6.07) is 3.96. The Bertz CT molecular complexity index is 353. The molecule has 2 rings (SSSR count). The minimum absolute atomic E-state index is 0.103. The maximum atomic E-state index is 12.2. The highest BCUT2D eigenvalue weighted by molar-refractivity contribution is 5.94. The summed E-state index contributed by atoms with van der Waals surface area (Å²) in [6.07, 6.45) is 5.51. The van der Waals surface area contributed by atoms with E-state index in [1.165, 1.54) is 0 Å². The normalized spacial score (nSPS) is 20.1. The molecule has 0 bridgehead atoms. The summed E-state index contributed by atoms with van der Waals surface area (Å²) in [5, 5.41) is 3.14. The van der Waals surface area contributed by atoms with Gasteiger partial charge in [0.05, 0.1) is 5.56 Å². The summed E-state index contributed by atoms with van der Waals surface area (Å²) in [6.45, 7) is 1.73. The Morgan fingerprint density at radius 1 is 1.69 bits per heavy atom. The van der Waals surface area contributed by atoms with Crippen LogP contribution in [0.25, 0.3) is 0 Å². The fourth-order valence-electron chi connectivity index (χ4n) is 2.21. The maximum absolute atomic E-state index is 12.2. The predicted molar refractivity (Wildman–Crippen MR) is 62.2 cm³/mol. The fourth-order valence-corrected chi connectivity index (χ4v) is 2.21. The Labute approximate surface area is 95.7 Å². The molecule has 2 heterocycles. The molecule has 1 aromatic heterocycles. The first kappa shape index (κ1) is 11.1. The highest BCUT2D eigenvalue weighted by Crippen LogP contribution is 2.19. The van der Waals surface area contributed by atoms with Gasteiger partial charge >= 0.3 is 0 Å². The van der Waals surface area contributed by atoms with Gasteiger partial charge in [0.1, 0.15) is 0 Å². The molecule has 0 aromatic carbocycles. The molecule has 4 nitrogen and oxygen atoms in total. The van der Waals surface area contributed by atoms with Crippen molar-refractivity contribution in [3.63, 3.8) is 0 Å². The van der Waals surface area contributed by atoms with Crippen LogP contribution in [0.3, 0.4) is 0 Å². The van der Waals surface area contributed by atoms with Crippen LogP contribution in [-0.4, -0.2) is 42.0 Å². The number of aromatic nitrogens is 1. The third kappa shape index (κ3) is 2.22. The van der Waals surface area contributed by atoms with Crippen LogP contribution < -0.4 is 5.32 Å². The number of likely N-dealkylation sites (tertiary alicyclic amines) is 1. The van der Waals surface area contributed by atoms with E-state index in [9.17, 15) is 4.79 Å². The molecule has 1 fully saturated rings. The first-order chi connectivity index (χ1) is 7.83. The molecule has 1 amide bonds. The van der Waals surface area contributed by atoms with Gasteiger partial charge in [-0.25, -0.2) is 0 Å². The van der Waals surface area contributed by atoms with E-state index in [4.69, 9.17) is 0 Å². The number of rotatable bonds is 3. The van der Waals surface area contributed by atoms with Gasteiger partial charge in [0.2, 0.25) is 0 Å². The molecule has 1 N–H and O–H groups in total. The molecule has 4 heteroatoms. The molecule has 1 unspecified atom stereocenters. The Morgan fingerprint density at radius 3 is 3.25 bits per heavy atom. The van der Waals surface area contributed by atoms with Crippen LogP contribution in [0.5, 0.6) is 0 Å². The van der Waals surface area contributed by atoms with E-state index in [0.717, 1.165) is 25.9 Å². The largest absolute Gasteiger partial charge is 0.334 e. The molecule has 0 spiro atoms. The third-order valence-corrected chi connectivity index (χ3v) is 2.99. The molecule has 1 aromatic rings. The summed E-state index contributed by atoms with van der Waals surface area (Å²) in [7, 11) is 1.92. The van der Waals surface area contributed by atoms with Crippen molar-refractivity contribution in [2.75, 3.05) is 20.1 Å². The quantitative estimate of drug-likeness (QED) is 0.821. The number of carbonyl (C=O) groups is 1. The summed E-state index contributed by atoms with van der Waals surface area (Å²) in [4.78, 5) is 18.1. The second-order valence-electron chi connectivity index (χ2n) is 4.09. The molecule has 86 valence electrons. The topological polar surface area (TPSA) is 45.2 Å². The van der Waals surface area contributed by atoms with Crippen LogP contribution in [0.15, 0.2) is 24.5 Å².